The lowest BCUT2D eigenvalue weighted by Crippen LogP contribution is -2.30. The number of para-hydroxylation sites is 2. The number of anilines is 1. The first-order chi connectivity index (χ1) is 13.8. The molecule has 2 aromatic rings. The summed E-state index contributed by atoms with van der Waals surface area (Å²) in [6.07, 6.45) is -1.19. The average Bonchev–Trinajstić information content (AvgIpc) is 2.69. The van der Waals surface area contributed by atoms with E-state index in [-0.39, 0.29) is 17.0 Å². The molecule has 0 heterocycles. The van der Waals surface area contributed by atoms with Crippen molar-refractivity contribution < 1.29 is 37.3 Å². The van der Waals surface area contributed by atoms with Gasteiger partial charge in [-0.2, -0.15) is 8.78 Å². The standard InChI is InChI=1S/C20H21F2NO6/c1-4-27-17-11-13(9-10-16(17)26-3)19(25)28-12(2)18(24)23-14-7-5-6-8-15(14)29-20(21)22/h5-12,20H,4H2,1-3H3,(H,23,24)/t12-/m0/s1. The number of amides is 1. The third kappa shape index (κ3) is 6.06. The highest BCUT2D eigenvalue weighted by atomic mass is 19.3. The number of hydrogen-bond acceptors (Lipinski definition) is 6. The lowest BCUT2D eigenvalue weighted by molar-refractivity contribution is -0.123. The number of methoxy groups -OCH3 is 1. The van der Waals surface area contributed by atoms with Crippen LogP contribution < -0.4 is 19.5 Å². The molecule has 2 rings (SSSR count). The fourth-order valence-corrected chi connectivity index (χ4v) is 2.36. The Kier molecular flexibility index (Phi) is 7.76. The Bertz CT molecular complexity index is 859. The summed E-state index contributed by atoms with van der Waals surface area (Å²) in [6.45, 7) is 0.467. The summed E-state index contributed by atoms with van der Waals surface area (Å²) in [6, 6.07) is 10.2. The zero-order valence-electron chi connectivity index (χ0n) is 16.1. The maximum atomic E-state index is 12.5. The first kappa shape index (κ1) is 21.9. The molecule has 1 N–H and O–H groups in total. The van der Waals surface area contributed by atoms with Crippen LogP contribution in [0.4, 0.5) is 14.5 Å². The fourth-order valence-electron chi connectivity index (χ4n) is 2.36. The smallest absolute Gasteiger partial charge is 0.387 e. The van der Waals surface area contributed by atoms with Gasteiger partial charge in [0.1, 0.15) is 5.75 Å². The van der Waals surface area contributed by atoms with E-state index in [0.717, 1.165) is 0 Å². The molecule has 156 valence electrons. The van der Waals surface area contributed by atoms with Crippen molar-refractivity contribution in [3.8, 4) is 17.2 Å². The van der Waals surface area contributed by atoms with Gasteiger partial charge in [-0.25, -0.2) is 4.79 Å². The molecule has 0 aliphatic carbocycles. The molecule has 0 aliphatic heterocycles. The Labute approximate surface area is 166 Å². The minimum atomic E-state index is -3.04. The van der Waals surface area contributed by atoms with Crippen molar-refractivity contribution in [2.75, 3.05) is 19.0 Å². The summed E-state index contributed by atoms with van der Waals surface area (Å²) in [5, 5.41) is 2.40. The van der Waals surface area contributed by atoms with Crippen LogP contribution in [0.5, 0.6) is 17.2 Å². The summed E-state index contributed by atoms with van der Waals surface area (Å²) in [4.78, 5) is 24.7. The zero-order valence-corrected chi connectivity index (χ0v) is 16.1. The number of rotatable bonds is 9. The number of ether oxygens (including phenoxy) is 4. The van der Waals surface area contributed by atoms with Crippen molar-refractivity contribution in [3.63, 3.8) is 0 Å². The summed E-state index contributed by atoms with van der Waals surface area (Å²) in [5.74, 6) is -0.856. The minimum Gasteiger partial charge on any atom is -0.493 e. The minimum absolute atomic E-state index is 0.0313. The van der Waals surface area contributed by atoms with Crippen molar-refractivity contribution >= 4 is 17.6 Å². The lowest BCUT2D eigenvalue weighted by Gasteiger charge is -2.16. The van der Waals surface area contributed by atoms with Gasteiger partial charge in [-0.1, -0.05) is 12.1 Å². The van der Waals surface area contributed by atoms with Crippen molar-refractivity contribution in [2.45, 2.75) is 26.6 Å². The van der Waals surface area contributed by atoms with Gasteiger partial charge in [0.2, 0.25) is 0 Å². The second-order valence-electron chi connectivity index (χ2n) is 5.71. The molecule has 0 aromatic heterocycles. The number of nitrogens with one attached hydrogen (secondary N) is 1. The molecule has 0 aliphatic rings. The van der Waals surface area contributed by atoms with Crippen LogP contribution >= 0.6 is 0 Å². The van der Waals surface area contributed by atoms with E-state index in [1.54, 1.807) is 13.0 Å². The van der Waals surface area contributed by atoms with E-state index >= 15 is 0 Å². The summed E-state index contributed by atoms with van der Waals surface area (Å²) in [5.41, 5.74) is 0.194. The third-order valence-electron chi connectivity index (χ3n) is 3.71. The summed E-state index contributed by atoms with van der Waals surface area (Å²) in [7, 11) is 1.47. The fraction of sp³-hybridized carbons (Fsp3) is 0.300. The molecule has 2 aromatic carbocycles. The monoisotopic (exact) mass is 409 g/mol. The van der Waals surface area contributed by atoms with Gasteiger partial charge in [-0.05, 0) is 44.2 Å². The van der Waals surface area contributed by atoms with Crippen molar-refractivity contribution in [1.82, 2.24) is 0 Å². The van der Waals surface area contributed by atoms with Crippen LogP contribution in [0.2, 0.25) is 0 Å². The molecular formula is C20H21F2NO6. The SMILES string of the molecule is CCOc1cc(C(=O)O[C@@H](C)C(=O)Nc2ccccc2OC(F)F)ccc1OC. The number of carbonyl (C=O) groups is 2. The van der Waals surface area contributed by atoms with Crippen LogP contribution in [0.25, 0.3) is 0 Å². The molecule has 0 radical (unpaired) electrons. The zero-order chi connectivity index (χ0) is 21.4. The third-order valence-corrected chi connectivity index (χ3v) is 3.71. The largest absolute Gasteiger partial charge is 0.493 e. The van der Waals surface area contributed by atoms with Crippen molar-refractivity contribution in [2.24, 2.45) is 0 Å². The van der Waals surface area contributed by atoms with E-state index in [1.807, 2.05) is 0 Å². The molecule has 7 nitrogen and oxygen atoms in total. The summed E-state index contributed by atoms with van der Waals surface area (Å²) >= 11 is 0. The number of esters is 1. The Morgan fingerprint density at radius 1 is 1.07 bits per heavy atom. The first-order valence-electron chi connectivity index (χ1n) is 8.72. The highest BCUT2D eigenvalue weighted by Gasteiger charge is 2.21. The van der Waals surface area contributed by atoms with Crippen molar-refractivity contribution in [1.29, 1.82) is 0 Å². The van der Waals surface area contributed by atoms with Gasteiger partial charge in [0.25, 0.3) is 5.91 Å². The van der Waals surface area contributed by atoms with Gasteiger partial charge in [-0.3, -0.25) is 4.79 Å². The maximum Gasteiger partial charge on any atom is 0.387 e. The van der Waals surface area contributed by atoms with Crippen LogP contribution in [0.3, 0.4) is 0 Å². The highest BCUT2D eigenvalue weighted by molar-refractivity contribution is 5.98. The molecule has 1 amide bonds. The molecule has 0 saturated heterocycles. The Hall–Kier alpha value is -3.36. The molecule has 0 fully saturated rings. The molecular weight excluding hydrogens is 388 g/mol. The number of alkyl halides is 2. The predicted octanol–water partition coefficient (Wildman–Crippen LogP) is 3.88. The van der Waals surface area contributed by atoms with Crippen LogP contribution in [-0.2, 0) is 9.53 Å². The van der Waals surface area contributed by atoms with Crippen molar-refractivity contribution in [3.05, 3.63) is 48.0 Å². The molecule has 0 unspecified atom stereocenters. The number of halogens is 2. The number of hydrogen-bond donors (Lipinski definition) is 1. The van der Waals surface area contributed by atoms with E-state index in [1.165, 1.54) is 50.4 Å². The number of benzene rings is 2. The summed E-state index contributed by atoms with van der Waals surface area (Å²) < 4.78 is 45.0. The normalized spacial score (nSPS) is 11.5. The Morgan fingerprint density at radius 2 is 1.79 bits per heavy atom. The topological polar surface area (TPSA) is 83.1 Å². The van der Waals surface area contributed by atoms with Gasteiger partial charge < -0.3 is 24.3 Å². The predicted molar refractivity (Wildman–Crippen MR) is 101 cm³/mol. The average molecular weight is 409 g/mol. The molecule has 0 spiro atoms. The van der Waals surface area contributed by atoms with Gasteiger partial charge in [0.05, 0.1) is 25.0 Å². The van der Waals surface area contributed by atoms with E-state index in [9.17, 15) is 18.4 Å². The van der Waals surface area contributed by atoms with Crippen LogP contribution in [0.15, 0.2) is 42.5 Å². The lowest BCUT2D eigenvalue weighted by atomic mass is 10.2. The second kappa shape index (κ2) is 10.3. The van der Waals surface area contributed by atoms with Gasteiger partial charge in [-0.15, -0.1) is 0 Å². The maximum absolute atomic E-state index is 12.5. The molecule has 29 heavy (non-hydrogen) atoms. The van der Waals surface area contributed by atoms with E-state index < -0.39 is 24.6 Å². The van der Waals surface area contributed by atoms with Crippen LogP contribution in [-0.4, -0.2) is 38.3 Å². The second-order valence-corrected chi connectivity index (χ2v) is 5.71. The molecule has 0 saturated carbocycles. The van der Waals surface area contributed by atoms with Crippen LogP contribution in [0.1, 0.15) is 24.2 Å². The number of carbonyl (C=O) groups excluding carboxylic acids is 2. The molecule has 1 atom stereocenters. The van der Waals surface area contributed by atoms with Gasteiger partial charge >= 0.3 is 12.6 Å². The molecule has 9 heteroatoms. The van der Waals surface area contributed by atoms with E-state index in [4.69, 9.17) is 14.2 Å². The van der Waals surface area contributed by atoms with Gasteiger partial charge in [0, 0.05) is 0 Å². The quantitative estimate of drug-likeness (QED) is 0.633. The molecule has 0 bridgehead atoms. The Morgan fingerprint density at radius 3 is 2.45 bits per heavy atom. The van der Waals surface area contributed by atoms with Crippen LogP contribution in [0, 0.1) is 0 Å². The first-order valence-corrected chi connectivity index (χ1v) is 8.72. The van der Waals surface area contributed by atoms with Gasteiger partial charge in [0.15, 0.2) is 17.6 Å². The highest BCUT2D eigenvalue weighted by Crippen LogP contribution is 2.29. The Balaban J connectivity index is 2.06. The van der Waals surface area contributed by atoms with E-state index in [0.29, 0.717) is 18.1 Å². The van der Waals surface area contributed by atoms with E-state index in [2.05, 4.69) is 10.1 Å².